The van der Waals surface area contributed by atoms with Crippen LogP contribution in [0.25, 0.3) is 0 Å². The molecule has 2 saturated heterocycles. The molecular formula is C9H16N2O2. The van der Waals surface area contributed by atoms with Gasteiger partial charge in [-0.1, -0.05) is 0 Å². The van der Waals surface area contributed by atoms with Crippen molar-refractivity contribution in [2.75, 3.05) is 19.8 Å². The molecule has 0 radical (unpaired) electrons. The van der Waals surface area contributed by atoms with Gasteiger partial charge >= 0.3 is 0 Å². The van der Waals surface area contributed by atoms with Crippen LogP contribution in [-0.4, -0.2) is 37.7 Å². The average molecular weight is 184 g/mol. The van der Waals surface area contributed by atoms with Crippen molar-refractivity contribution in [1.29, 1.82) is 0 Å². The molecule has 4 heteroatoms. The van der Waals surface area contributed by atoms with Crippen LogP contribution in [-0.2, 0) is 9.53 Å². The highest BCUT2D eigenvalue weighted by atomic mass is 16.5. The monoisotopic (exact) mass is 184 g/mol. The third kappa shape index (κ3) is 2.42. The number of hydrogen-bond donors (Lipinski definition) is 2. The molecule has 2 atom stereocenters. The second-order valence-corrected chi connectivity index (χ2v) is 3.79. The van der Waals surface area contributed by atoms with Crippen molar-refractivity contribution in [3.63, 3.8) is 0 Å². The van der Waals surface area contributed by atoms with Gasteiger partial charge in [0.05, 0.1) is 6.61 Å². The normalized spacial score (nSPS) is 34.6. The van der Waals surface area contributed by atoms with Gasteiger partial charge in [0, 0.05) is 31.7 Å². The van der Waals surface area contributed by atoms with Crippen molar-refractivity contribution in [2.45, 2.75) is 31.3 Å². The predicted molar refractivity (Wildman–Crippen MR) is 48.4 cm³/mol. The van der Waals surface area contributed by atoms with Crippen LogP contribution in [0.15, 0.2) is 0 Å². The Morgan fingerprint density at radius 2 is 2.38 bits per heavy atom. The van der Waals surface area contributed by atoms with Crippen LogP contribution in [0.2, 0.25) is 0 Å². The van der Waals surface area contributed by atoms with E-state index in [9.17, 15) is 4.79 Å². The zero-order valence-corrected chi connectivity index (χ0v) is 7.71. The van der Waals surface area contributed by atoms with E-state index in [0.29, 0.717) is 18.5 Å². The second kappa shape index (κ2) is 4.07. The summed E-state index contributed by atoms with van der Waals surface area (Å²) in [4.78, 5) is 10.9. The van der Waals surface area contributed by atoms with E-state index in [0.717, 1.165) is 26.2 Å². The zero-order valence-electron chi connectivity index (χ0n) is 7.71. The number of rotatable bonds is 2. The first-order chi connectivity index (χ1) is 6.34. The zero-order chi connectivity index (χ0) is 9.10. The van der Waals surface area contributed by atoms with Gasteiger partial charge in [0.25, 0.3) is 0 Å². The number of carbonyl (C=O) groups excluding carboxylic acids is 1. The van der Waals surface area contributed by atoms with Gasteiger partial charge in [0.1, 0.15) is 0 Å². The molecule has 2 fully saturated rings. The number of ether oxygens (including phenoxy) is 1. The van der Waals surface area contributed by atoms with Crippen LogP contribution in [0, 0.1) is 0 Å². The molecule has 2 unspecified atom stereocenters. The maximum absolute atomic E-state index is 10.9. The van der Waals surface area contributed by atoms with Crippen LogP contribution >= 0.6 is 0 Å². The molecule has 2 heterocycles. The number of hydrogen-bond acceptors (Lipinski definition) is 3. The molecule has 2 N–H and O–H groups in total. The summed E-state index contributed by atoms with van der Waals surface area (Å²) in [6.07, 6.45) is 2.92. The van der Waals surface area contributed by atoms with Gasteiger partial charge in [-0.3, -0.25) is 4.79 Å². The molecule has 74 valence electrons. The maximum atomic E-state index is 10.9. The van der Waals surface area contributed by atoms with Gasteiger partial charge in [0.2, 0.25) is 5.91 Å². The van der Waals surface area contributed by atoms with Crippen LogP contribution < -0.4 is 10.6 Å². The summed E-state index contributed by atoms with van der Waals surface area (Å²) >= 11 is 0. The topological polar surface area (TPSA) is 50.4 Å². The Balaban J connectivity index is 1.73. The minimum absolute atomic E-state index is 0.161. The van der Waals surface area contributed by atoms with Gasteiger partial charge in [0.15, 0.2) is 0 Å². The fourth-order valence-electron chi connectivity index (χ4n) is 1.93. The number of nitrogens with one attached hydrogen (secondary N) is 2. The second-order valence-electron chi connectivity index (χ2n) is 3.79. The Morgan fingerprint density at radius 3 is 3.00 bits per heavy atom. The summed E-state index contributed by atoms with van der Waals surface area (Å²) in [5, 5.41) is 6.26. The first kappa shape index (κ1) is 8.97. The SMILES string of the molecule is O=C1CC(NC2CCCOC2)CN1. The summed E-state index contributed by atoms with van der Waals surface area (Å²) in [5.74, 6) is 0.161. The molecule has 0 aliphatic carbocycles. The summed E-state index contributed by atoms with van der Waals surface area (Å²) in [7, 11) is 0. The minimum atomic E-state index is 0.161. The van der Waals surface area contributed by atoms with E-state index >= 15 is 0 Å². The molecule has 2 aliphatic rings. The summed E-state index contributed by atoms with van der Waals surface area (Å²) < 4.78 is 5.35. The third-order valence-corrected chi connectivity index (χ3v) is 2.61. The third-order valence-electron chi connectivity index (χ3n) is 2.61. The van der Waals surface area contributed by atoms with E-state index < -0.39 is 0 Å². The molecule has 2 rings (SSSR count). The quantitative estimate of drug-likeness (QED) is 0.616. The van der Waals surface area contributed by atoms with Crippen molar-refractivity contribution >= 4 is 5.91 Å². The van der Waals surface area contributed by atoms with Gasteiger partial charge < -0.3 is 15.4 Å². The molecule has 4 nitrogen and oxygen atoms in total. The van der Waals surface area contributed by atoms with Crippen LogP contribution in [0.5, 0.6) is 0 Å². The van der Waals surface area contributed by atoms with Gasteiger partial charge in [-0.25, -0.2) is 0 Å². The Bertz CT molecular complexity index is 190. The van der Waals surface area contributed by atoms with Crippen molar-refractivity contribution in [3.8, 4) is 0 Å². The molecule has 0 spiro atoms. The van der Waals surface area contributed by atoms with Crippen molar-refractivity contribution < 1.29 is 9.53 Å². The number of amides is 1. The van der Waals surface area contributed by atoms with E-state index in [1.54, 1.807) is 0 Å². The Morgan fingerprint density at radius 1 is 1.46 bits per heavy atom. The smallest absolute Gasteiger partial charge is 0.221 e. The molecule has 0 saturated carbocycles. The first-order valence-electron chi connectivity index (χ1n) is 4.95. The molecule has 0 aromatic carbocycles. The highest BCUT2D eigenvalue weighted by Gasteiger charge is 2.24. The summed E-state index contributed by atoms with van der Waals surface area (Å²) in [6, 6.07) is 0.769. The van der Waals surface area contributed by atoms with E-state index in [1.807, 2.05) is 0 Å². The lowest BCUT2D eigenvalue weighted by Gasteiger charge is -2.25. The standard InChI is InChI=1S/C9H16N2O2/c12-9-4-8(5-10-9)11-7-2-1-3-13-6-7/h7-8,11H,1-6H2,(H,10,12). The molecule has 0 bridgehead atoms. The fourth-order valence-corrected chi connectivity index (χ4v) is 1.93. The lowest BCUT2D eigenvalue weighted by molar-refractivity contribution is -0.119. The molecule has 13 heavy (non-hydrogen) atoms. The van der Waals surface area contributed by atoms with E-state index in [-0.39, 0.29) is 5.91 Å². The minimum Gasteiger partial charge on any atom is -0.380 e. The summed E-state index contributed by atoms with van der Waals surface area (Å²) in [5.41, 5.74) is 0. The largest absolute Gasteiger partial charge is 0.380 e. The molecule has 1 amide bonds. The van der Waals surface area contributed by atoms with Crippen molar-refractivity contribution in [3.05, 3.63) is 0 Å². The fraction of sp³-hybridized carbons (Fsp3) is 0.889. The maximum Gasteiger partial charge on any atom is 0.221 e. The summed E-state index contributed by atoms with van der Waals surface area (Å²) in [6.45, 7) is 2.46. The highest BCUT2D eigenvalue weighted by molar-refractivity contribution is 5.78. The van der Waals surface area contributed by atoms with Crippen LogP contribution in [0.1, 0.15) is 19.3 Å². The van der Waals surface area contributed by atoms with Crippen molar-refractivity contribution in [1.82, 2.24) is 10.6 Å². The van der Waals surface area contributed by atoms with E-state index in [1.165, 1.54) is 6.42 Å². The average Bonchev–Trinajstić information content (AvgIpc) is 2.53. The number of carbonyl (C=O) groups is 1. The molecule has 2 aliphatic heterocycles. The highest BCUT2D eigenvalue weighted by Crippen LogP contribution is 2.09. The van der Waals surface area contributed by atoms with Gasteiger partial charge in [-0.15, -0.1) is 0 Å². The van der Waals surface area contributed by atoms with Gasteiger partial charge in [-0.2, -0.15) is 0 Å². The Labute approximate surface area is 78.0 Å². The Kier molecular flexibility index (Phi) is 2.80. The van der Waals surface area contributed by atoms with Crippen LogP contribution in [0.3, 0.4) is 0 Å². The molecular weight excluding hydrogens is 168 g/mol. The van der Waals surface area contributed by atoms with Gasteiger partial charge in [-0.05, 0) is 12.8 Å². The van der Waals surface area contributed by atoms with Crippen molar-refractivity contribution in [2.24, 2.45) is 0 Å². The lowest BCUT2D eigenvalue weighted by Crippen LogP contribution is -2.44. The predicted octanol–water partition coefficient (Wildman–Crippen LogP) is -0.357. The first-order valence-corrected chi connectivity index (χ1v) is 4.95. The molecule has 0 aromatic heterocycles. The Hall–Kier alpha value is -0.610. The molecule has 0 aromatic rings. The lowest BCUT2D eigenvalue weighted by atomic mass is 10.1. The van der Waals surface area contributed by atoms with Crippen LogP contribution in [0.4, 0.5) is 0 Å². The van der Waals surface area contributed by atoms with E-state index in [2.05, 4.69) is 10.6 Å². The van der Waals surface area contributed by atoms with E-state index in [4.69, 9.17) is 4.74 Å².